The van der Waals surface area contributed by atoms with Crippen molar-refractivity contribution in [2.75, 3.05) is 19.6 Å². The lowest BCUT2D eigenvalue weighted by Crippen LogP contribution is -2.56. The maximum Gasteiger partial charge on any atom is 0.407 e. The zero-order valence-corrected chi connectivity index (χ0v) is 13.6. The van der Waals surface area contributed by atoms with Crippen LogP contribution in [0.2, 0.25) is 0 Å². The average Bonchev–Trinajstić information content (AvgIpc) is 2.84. The Kier molecular flexibility index (Phi) is 4.66. The van der Waals surface area contributed by atoms with E-state index in [-0.39, 0.29) is 19.1 Å². The number of rotatable bonds is 2. The van der Waals surface area contributed by atoms with Crippen LogP contribution in [0.4, 0.5) is 9.59 Å². The Balaban J connectivity index is 1.51. The van der Waals surface area contributed by atoms with Crippen molar-refractivity contribution in [2.24, 2.45) is 5.92 Å². The van der Waals surface area contributed by atoms with E-state index in [9.17, 15) is 24.4 Å². The molecule has 138 valence electrons. The van der Waals surface area contributed by atoms with E-state index < -0.39 is 35.9 Å². The van der Waals surface area contributed by atoms with Gasteiger partial charge in [0.15, 0.2) is 0 Å². The number of carbonyl (C=O) groups excluding carboxylic acids is 3. The third-order valence-electron chi connectivity index (χ3n) is 5.02. The third kappa shape index (κ3) is 3.31. The van der Waals surface area contributed by atoms with Crippen LogP contribution in [0.1, 0.15) is 25.7 Å². The summed E-state index contributed by atoms with van der Waals surface area (Å²) in [6, 6.07) is -1.66. The predicted octanol–water partition coefficient (Wildman–Crippen LogP) is -0.818. The molecule has 11 nitrogen and oxygen atoms in total. The minimum absolute atomic E-state index is 0.0895. The van der Waals surface area contributed by atoms with Gasteiger partial charge in [0.25, 0.3) is 5.91 Å². The summed E-state index contributed by atoms with van der Waals surface area (Å²) in [6.45, 7) is 0.757. The molecular weight excluding hydrogens is 334 g/mol. The molecule has 3 aliphatic rings. The molecule has 3 saturated heterocycles. The van der Waals surface area contributed by atoms with Gasteiger partial charge in [-0.15, -0.1) is 0 Å². The zero-order valence-electron chi connectivity index (χ0n) is 13.6. The average molecular weight is 355 g/mol. The third-order valence-corrected chi connectivity index (χ3v) is 5.02. The maximum absolute atomic E-state index is 12.3. The monoisotopic (exact) mass is 355 g/mol. The number of hydrogen-bond donors (Lipinski definition) is 4. The van der Waals surface area contributed by atoms with E-state index >= 15 is 0 Å². The smallest absolute Gasteiger partial charge is 0.407 e. The lowest BCUT2D eigenvalue weighted by molar-refractivity contribution is -0.134. The molecule has 3 aliphatic heterocycles. The highest BCUT2D eigenvalue weighted by Crippen LogP contribution is 2.28. The number of nitrogens with zero attached hydrogens (tertiary/aromatic N) is 3. The number of piperidine rings is 2. The van der Waals surface area contributed by atoms with Crippen LogP contribution >= 0.6 is 0 Å². The number of likely N-dealkylation sites (tertiary alicyclic amines) is 1. The summed E-state index contributed by atoms with van der Waals surface area (Å²) < 4.78 is 0. The molecule has 11 heteroatoms. The molecule has 0 unspecified atom stereocenters. The molecule has 3 heterocycles. The number of hydrazine groups is 1. The fraction of sp³-hybridized carbons (Fsp3) is 0.714. The Hall–Kier alpha value is -2.56. The van der Waals surface area contributed by atoms with Crippen molar-refractivity contribution in [3.8, 4) is 0 Å². The summed E-state index contributed by atoms with van der Waals surface area (Å²) in [7, 11) is 0. The molecule has 2 bridgehead atoms. The highest BCUT2D eigenvalue weighted by molar-refractivity contribution is 5.90. The standard InChI is InChI=1S/C14H21N5O6/c20-11(8-2-1-5-17(6-8)14(23)24)15-16-12(21)10-4-3-9-7-18(10)13(22)19(9)25/h8-10,25H,1-7H2,(H,15,20)(H,16,21)(H,23,24)/t8-,9-,10+/m1/s1. The van der Waals surface area contributed by atoms with Gasteiger partial charge in [0.2, 0.25) is 5.91 Å². The summed E-state index contributed by atoms with van der Waals surface area (Å²) in [5, 5.41) is 19.3. The van der Waals surface area contributed by atoms with Crippen LogP contribution < -0.4 is 10.9 Å². The number of hydroxylamine groups is 2. The Morgan fingerprint density at radius 1 is 1.04 bits per heavy atom. The van der Waals surface area contributed by atoms with Crippen LogP contribution in [0.15, 0.2) is 0 Å². The van der Waals surface area contributed by atoms with E-state index in [0.717, 1.165) is 0 Å². The number of carboxylic acid groups (broad SMARTS) is 1. The van der Waals surface area contributed by atoms with Gasteiger partial charge in [-0.25, -0.2) is 14.7 Å². The quantitative estimate of drug-likeness (QED) is 0.377. The van der Waals surface area contributed by atoms with Crippen molar-refractivity contribution in [3.63, 3.8) is 0 Å². The van der Waals surface area contributed by atoms with E-state index in [4.69, 9.17) is 5.11 Å². The zero-order chi connectivity index (χ0) is 18.1. The van der Waals surface area contributed by atoms with E-state index in [2.05, 4.69) is 10.9 Å². The van der Waals surface area contributed by atoms with Crippen LogP contribution in [0.25, 0.3) is 0 Å². The molecule has 4 N–H and O–H groups in total. The van der Waals surface area contributed by atoms with Crippen molar-refractivity contribution in [1.82, 2.24) is 25.7 Å². The molecule has 3 fully saturated rings. The second kappa shape index (κ2) is 6.75. The van der Waals surface area contributed by atoms with Gasteiger partial charge < -0.3 is 14.9 Å². The van der Waals surface area contributed by atoms with E-state index in [1.54, 1.807) is 0 Å². The van der Waals surface area contributed by atoms with Crippen LogP contribution in [-0.4, -0.2) is 80.8 Å². The van der Waals surface area contributed by atoms with Crippen LogP contribution in [0.3, 0.4) is 0 Å². The fourth-order valence-electron chi connectivity index (χ4n) is 3.60. The lowest BCUT2D eigenvalue weighted by atomic mass is 9.98. The number of urea groups is 1. The van der Waals surface area contributed by atoms with Crippen molar-refractivity contribution < 1.29 is 29.5 Å². The van der Waals surface area contributed by atoms with Gasteiger partial charge in [0, 0.05) is 19.6 Å². The summed E-state index contributed by atoms with van der Waals surface area (Å²) in [5.41, 5.74) is 4.63. The Labute approximate surface area is 143 Å². The van der Waals surface area contributed by atoms with E-state index in [0.29, 0.717) is 37.3 Å². The molecule has 5 amide bonds. The molecule has 0 aliphatic carbocycles. The minimum Gasteiger partial charge on any atom is -0.465 e. The number of hydrogen-bond acceptors (Lipinski definition) is 5. The molecule has 0 aromatic rings. The molecule has 0 spiro atoms. The summed E-state index contributed by atoms with van der Waals surface area (Å²) >= 11 is 0. The van der Waals surface area contributed by atoms with Gasteiger partial charge in [-0.05, 0) is 25.7 Å². The topological polar surface area (TPSA) is 143 Å². The van der Waals surface area contributed by atoms with Crippen LogP contribution in [0.5, 0.6) is 0 Å². The molecule has 0 aromatic heterocycles. The highest BCUT2D eigenvalue weighted by atomic mass is 16.5. The second-order valence-electron chi connectivity index (χ2n) is 6.57. The van der Waals surface area contributed by atoms with Crippen molar-refractivity contribution in [3.05, 3.63) is 0 Å². The van der Waals surface area contributed by atoms with Gasteiger partial charge in [0.05, 0.1) is 12.0 Å². The number of nitrogens with one attached hydrogen (secondary N) is 2. The lowest BCUT2D eigenvalue weighted by Gasteiger charge is -2.31. The van der Waals surface area contributed by atoms with Crippen LogP contribution in [0, 0.1) is 5.92 Å². The first-order valence-corrected chi connectivity index (χ1v) is 8.24. The molecule has 0 radical (unpaired) electrons. The summed E-state index contributed by atoms with van der Waals surface area (Å²) in [5.74, 6) is -1.51. The Morgan fingerprint density at radius 2 is 1.76 bits per heavy atom. The molecule has 0 aromatic carbocycles. The summed E-state index contributed by atoms with van der Waals surface area (Å²) in [4.78, 5) is 49.7. The van der Waals surface area contributed by atoms with Gasteiger partial charge in [0.1, 0.15) is 6.04 Å². The minimum atomic E-state index is -1.07. The van der Waals surface area contributed by atoms with Gasteiger partial charge >= 0.3 is 12.1 Å². The molecular formula is C14H21N5O6. The molecule has 3 atom stereocenters. The SMILES string of the molecule is O=C(NNC(=O)[C@@H]1CC[C@@H]2CN1C(=O)N2O)[C@@H]1CCCN(C(=O)O)C1. The second-order valence-corrected chi connectivity index (χ2v) is 6.57. The maximum atomic E-state index is 12.3. The van der Waals surface area contributed by atoms with E-state index in [1.807, 2.05) is 0 Å². The van der Waals surface area contributed by atoms with Gasteiger partial charge in [-0.2, -0.15) is 0 Å². The Morgan fingerprint density at radius 3 is 2.48 bits per heavy atom. The Bertz CT molecular complexity index is 598. The number of fused-ring (bicyclic) bond motifs is 2. The van der Waals surface area contributed by atoms with Crippen molar-refractivity contribution in [1.29, 1.82) is 0 Å². The van der Waals surface area contributed by atoms with Crippen molar-refractivity contribution in [2.45, 2.75) is 37.8 Å². The largest absolute Gasteiger partial charge is 0.465 e. The summed E-state index contributed by atoms with van der Waals surface area (Å²) in [6.07, 6.45) is 0.948. The molecule has 25 heavy (non-hydrogen) atoms. The fourth-order valence-corrected chi connectivity index (χ4v) is 3.60. The van der Waals surface area contributed by atoms with Gasteiger partial charge in [-0.3, -0.25) is 25.6 Å². The number of amides is 5. The van der Waals surface area contributed by atoms with E-state index in [1.165, 1.54) is 9.80 Å². The first-order chi connectivity index (χ1) is 11.9. The molecule has 0 saturated carbocycles. The molecule has 3 rings (SSSR count). The van der Waals surface area contributed by atoms with Crippen LogP contribution in [-0.2, 0) is 9.59 Å². The van der Waals surface area contributed by atoms with Crippen molar-refractivity contribution >= 4 is 23.9 Å². The predicted molar refractivity (Wildman–Crippen MR) is 81.1 cm³/mol. The number of carbonyl (C=O) groups is 4. The first-order valence-electron chi connectivity index (χ1n) is 8.24. The normalized spacial score (nSPS) is 28.8. The highest BCUT2D eigenvalue weighted by Gasteiger charge is 2.46. The first kappa shape index (κ1) is 17.3. The van der Waals surface area contributed by atoms with Gasteiger partial charge in [-0.1, -0.05) is 0 Å².